The highest BCUT2D eigenvalue weighted by molar-refractivity contribution is 7.14. The molecule has 2 N–H and O–H groups in total. The van der Waals surface area contributed by atoms with Gasteiger partial charge in [-0.15, -0.1) is 11.3 Å². The van der Waals surface area contributed by atoms with Gasteiger partial charge in [0.1, 0.15) is 11.4 Å². The van der Waals surface area contributed by atoms with Gasteiger partial charge in [0.2, 0.25) is 0 Å². The van der Waals surface area contributed by atoms with Crippen molar-refractivity contribution in [1.29, 1.82) is 0 Å². The minimum atomic E-state index is -0.296. The summed E-state index contributed by atoms with van der Waals surface area (Å²) in [5.41, 5.74) is 0.971. The smallest absolute Gasteiger partial charge is 0.270 e. The quantitative estimate of drug-likeness (QED) is 0.617. The second-order valence-corrected chi connectivity index (χ2v) is 6.32. The fraction of sp³-hybridized carbons (Fsp3) is 0.222. The van der Waals surface area contributed by atoms with Crippen molar-refractivity contribution in [1.82, 2.24) is 20.1 Å². The Labute approximate surface area is 159 Å². The second-order valence-electron chi connectivity index (χ2n) is 5.46. The Bertz CT molecular complexity index is 952. The maximum absolute atomic E-state index is 12.2. The molecule has 1 aromatic carbocycles. The number of carbonyl (C=O) groups excluding carboxylic acids is 1. The molecule has 2 aromatic heterocycles. The molecule has 0 unspecified atom stereocenters. The van der Waals surface area contributed by atoms with Crippen molar-refractivity contribution < 1.29 is 9.53 Å². The summed E-state index contributed by atoms with van der Waals surface area (Å²) in [7, 11) is 0. The number of rotatable bonds is 8. The number of hydrogen-bond donors (Lipinski definition) is 2. The lowest BCUT2D eigenvalue weighted by molar-refractivity contribution is 0.0947. The molecule has 0 bridgehead atoms. The summed E-state index contributed by atoms with van der Waals surface area (Å²) < 4.78 is 6.70. The van der Waals surface area contributed by atoms with E-state index in [1.165, 1.54) is 28.3 Å². The molecule has 2 heterocycles. The lowest BCUT2D eigenvalue weighted by Gasteiger charge is -2.06. The van der Waals surface area contributed by atoms with Crippen LogP contribution in [0.3, 0.4) is 0 Å². The van der Waals surface area contributed by atoms with E-state index in [0.717, 1.165) is 11.4 Å². The van der Waals surface area contributed by atoms with E-state index in [-0.39, 0.29) is 18.0 Å². The van der Waals surface area contributed by atoms with Gasteiger partial charge in [-0.3, -0.25) is 9.59 Å². The molecule has 0 fully saturated rings. The highest BCUT2D eigenvalue weighted by Crippen LogP contribution is 2.23. The first-order chi connectivity index (χ1) is 13.2. The number of aromatic nitrogens is 3. The number of thiazole rings is 1. The van der Waals surface area contributed by atoms with Gasteiger partial charge in [0.15, 0.2) is 5.13 Å². The van der Waals surface area contributed by atoms with Gasteiger partial charge < -0.3 is 15.4 Å². The van der Waals surface area contributed by atoms with E-state index in [2.05, 4.69) is 20.7 Å². The first-order valence-corrected chi connectivity index (χ1v) is 9.29. The number of anilines is 2. The number of amides is 1. The zero-order chi connectivity index (χ0) is 19.1. The molecule has 27 heavy (non-hydrogen) atoms. The van der Waals surface area contributed by atoms with Crippen LogP contribution < -0.4 is 20.9 Å². The Balaban J connectivity index is 1.52. The van der Waals surface area contributed by atoms with Crippen LogP contribution in [0, 0.1) is 0 Å². The molecule has 0 saturated carbocycles. The molecule has 1 amide bonds. The van der Waals surface area contributed by atoms with Crippen LogP contribution in [0.25, 0.3) is 0 Å². The summed E-state index contributed by atoms with van der Waals surface area (Å²) in [6.07, 6.45) is 1.53. The molecule has 9 heteroatoms. The minimum absolute atomic E-state index is 0.206. The van der Waals surface area contributed by atoms with E-state index in [1.54, 1.807) is 11.4 Å². The minimum Gasteiger partial charge on any atom is -0.494 e. The lowest BCUT2D eigenvalue weighted by Crippen LogP contribution is -2.31. The molecule has 140 valence electrons. The van der Waals surface area contributed by atoms with Crippen molar-refractivity contribution >= 4 is 28.1 Å². The molecule has 0 saturated heterocycles. The summed E-state index contributed by atoms with van der Waals surface area (Å²) in [6, 6.07) is 10.5. The maximum atomic E-state index is 12.2. The monoisotopic (exact) mass is 385 g/mol. The molecule has 0 spiro atoms. The second kappa shape index (κ2) is 8.95. The van der Waals surface area contributed by atoms with Gasteiger partial charge in [0.25, 0.3) is 11.5 Å². The summed E-state index contributed by atoms with van der Waals surface area (Å²) in [5, 5.41) is 12.1. The number of nitrogens with one attached hydrogen (secondary N) is 2. The molecular weight excluding hydrogens is 366 g/mol. The molecule has 0 radical (unpaired) electrons. The van der Waals surface area contributed by atoms with E-state index in [1.807, 2.05) is 31.2 Å². The van der Waals surface area contributed by atoms with Crippen molar-refractivity contribution in [3.05, 3.63) is 64.0 Å². The van der Waals surface area contributed by atoms with E-state index in [0.29, 0.717) is 24.0 Å². The Morgan fingerprint density at radius 1 is 1.26 bits per heavy atom. The SMILES string of the molecule is CCOc1ccc(Nc2nc(C(=O)NCCn3ncccc3=O)cs2)cc1. The molecule has 0 aliphatic rings. The highest BCUT2D eigenvalue weighted by atomic mass is 32.1. The number of carbonyl (C=O) groups is 1. The molecule has 3 aromatic rings. The van der Waals surface area contributed by atoms with Gasteiger partial charge in [0.05, 0.1) is 13.2 Å². The molecule has 0 atom stereocenters. The van der Waals surface area contributed by atoms with Crippen LogP contribution in [-0.4, -0.2) is 33.8 Å². The van der Waals surface area contributed by atoms with Crippen molar-refractivity contribution in [2.24, 2.45) is 0 Å². The first-order valence-electron chi connectivity index (χ1n) is 8.41. The molecule has 8 nitrogen and oxygen atoms in total. The fourth-order valence-corrected chi connectivity index (χ4v) is 2.99. The highest BCUT2D eigenvalue weighted by Gasteiger charge is 2.10. The van der Waals surface area contributed by atoms with E-state index in [4.69, 9.17) is 4.74 Å². The van der Waals surface area contributed by atoms with Crippen molar-refractivity contribution in [3.8, 4) is 5.75 Å². The Morgan fingerprint density at radius 2 is 2.07 bits per heavy atom. The summed E-state index contributed by atoms with van der Waals surface area (Å²) >= 11 is 1.34. The van der Waals surface area contributed by atoms with E-state index < -0.39 is 0 Å². The van der Waals surface area contributed by atoms with Gasteiger partial charge >= 0.3 is 0 Å². The van der Waals surface area contributed by atoms with Gasteiger partial charge in [-0.05, 0) is 37.3 Å². The Kier molecular flexibility index (Phi) is 6.16. The third-order valence-corrected chi connectivity index (χ3v) is 4.31. The standard InChI is InChI=1S/C18H19N5O3S/c1-2-26-14-7-5-13(6-8-14)21-18-22-15(12-27-18)17(25)19-10-11-23-16(24)4-3-9-20-23/h3-9,12H,2,10-11H2,1H3,(H,19,25)(H,21,22). The molecule has 0 aliphatic heterocycles. The molecule has 0 aliphatic carbocycles. The Hall–Kier alpha value is -3.20. The van der Waals surface area contributed by atoms with E-state index in [9.17, 15) is 9.59 Å². The average molecular weight is 385 g/mol. The largest absolute Gasteiger partial charge is 0.494 e. The third kappa shape index (κ3) is 5.14. The Morgan fingerprint density at radius 3 is 2.81 bits per heavy atom. The molecular formula is C18H19N5O3S. The van der Waals surface area contributed by atoms with Gasteiger partial charge in [0, 0.05) is 29.9 Å². The normalized spacial score (nSPS) is 10.4. The van der Waals surface area contributed by atoms with E-state index >= 15 is 0 Å². The molecule has 3 rings (SSSR count). The van der Waals surface area contributed by atoms with Crippen LogP contribution >= 0.6 is 11.3 Å². The first kappa shape index (κ1) is 18.6. The van der Waals surface area contributed by atoms with Gasteiger partial charge in [-0.25, -0.2) is 9.67 Å². The number of ether oxygens (including phenoxy) is 1. The summed E-state index contributed by atoms with van der Waals surface area (Å²) in [6.45, 7) is 3.14. The average Bonchev–Trinajstić information content (AvgIpc) is 3.14. The van der Waals surface area contributed by atoms with Crippen LogP contribution in [0.4, 0.5) is 10.8 Å². The summed E-state index contributed by atoms with van der Waals surface area (Å²) in [4.78, 5) is 28.0. The third-order valence-electron chi connectivity index (χ3n) is 3.55. The summed E-state index contributed by atoms with van der Waals surface area (Å²) in [5.74, 6) is 0.504. The predicted octanol–water partition coefficient (Wildman–Crippen LogP) is 2.27. The fourth-order valence-electron chi connectivity index (χ4n) is 2.28. The van der Waals surface area contributed by atoms with Crippen LogP contribution in [0.5, 0.6) is 5.75 Å². The lowest BCUT2D eigenvalue weighted by atomic mass is 10.3. The zero-order valence-corrected chi connectivity index (χ0v) is 15.5. The number of hydrogen-bond acceptors (Lipinski definition) is 7. The zero-order valence-electron chi connectivity index (χ0n) is 14.7. The topological polar surface area (TPSA) is 98.1 Å². The van der Waals surface area contributed by atoms with Crippen LogP contribution in [-0.2, 0) is 6.54 Å². The maximum Gasteiger partial charge on any atom is 0.270 e. The van der Waals surface area contributed by atoms with Crippen molar-refractivity contribution in [3.63, 3.8) is 0 Å². The van der Waals surface area contributed by atoms with Crippen molar-refractivity contribution in [2.45, 2.75) is 13.5 Å². The predicted molar refractivity (Wildman–Crippen MR) is 104 cm³/mol. The van der Waals surface area contributed by atoms with Crippen molar-refractivity contribution in [2.75, 3.05) is 18.5 Å². The van der Waals surface area contributed by atoms with Gasteiger partial charge in [-0.1, -0.05) is 0 Å². The van der Waals surface area contributed by atoms with Crippen LogP contribution in [0.15, 0.2) is 52.8 Å². The van der Waals surface area contributed by atoms with Crippen LogP contribution in [0.2, 0.25) is 0 Å². The van der Waals surface area contributed by atoms with Gasteiger partial charge in [-0.2, -0.15) is 5.10 Å². The van der Waals surface area contributed by atoms with Crippen LogP contribution in [0.1, 0.15) is 17.4 Å². The number of nitrogens with zero attached hydrogens (tertiary/aromatic N) is 3. The number of benzene rings is 1.